The van der Waals surface area contributed by atoms with Crippen LogP contribution in [0, 0.1) is 12.7 Å². The fourth-order valence-electron chi connectivity index (χ4n) is 2.78. The minimum Gasteiger partial charge on any atom is -0.459 e. The number of rotatable bonds is 4. The van der Waals surface area contributed by atoms with Crippen molar-refractivity contribution in [2.45, 2.75) is 6.92 Å². The highest BCUT2D eigenvalue weighted by molar-refractivity contribution is 5.93. The summed E-state index contributed by atoms with van der Waals surface area (Å²) in [5.74, 6) is -0.535. The molecule has 1 N–H and O–H groups in total. The Balaban J connectivity index is 1.48. The molecular formula is C18H20FN3O3. The van der Waals surface area contributed by atoms with E-state index in [1.165, 1.54) is 12.3 Å². The number of nitrogens with zero attached hydrogens (tertiary/aromatic N) is 2. The Labute approximate surface area is 145 Å². The second-order valence-electron chi connectivity index (χ2n) is 6.08. The maximum absolute atomic E-state index is 13.8. The fourth-order valence-corrected chi connectivity index (χ4v) is 2.78. The van der Waals surface area contributed by atoms with Crippen LogP contribution in [0.5, 0.6) is 0 Å². The summed E-state index contributed by atoms with van der Waals surface area (Å²) in [7, 11) is 0. The third-order valence-electron chi connectivity index (χ3n) is 4.16. The van der Waals surface area contributed by atoms with Gasteiger partial charge >= 0.3 is 0 Å². The summed E-state index contributed by atoms with van der Waals surface area (Å²) in [5, 5.41) is 2.59. The van der Waals surface area contributed by atoms with Crippen molar-refractivity contribution < 1.29 is 18.4 Å². The highest BCUT2D eigenvalue weighted by Gasteiger charge is 2.24. The molecule has 0 atom stereocenters. The molecule has 25 heavy (non-hydrogen) atoms. The Morgan fingerprint density at radius 3 is 2.60 bits per heavy atom. The fraction of sp³-hybridized carbons (Fsp3) is 0.333. The molecule has 0 radical (unpaired) electrons. The van der Waals surface area contributed by atoms with Crippen molar-refractivity contribution in [3.05, 3.63) is 53.7 Å². The Bertz CT molecular complexity index is 753. The van der Waals surface area contributed by atoms with Gasteiger partial charge in [-0.1, -0.05) is 6.07 Å². The zero-order valence-corrected chi connectivity index (χ0v) is 14.0. The zero-order chi connectivity index (χ0) is 17.8. The molecule has 0 aliphatic carbocycles. The topological polar surface area (TPSA) is 65.8 Å². The van der Waals surface area contributed by atoms with Gasteiger partial charge in [0.1, 0.15) is 5.82 Å². The highest BCUT2D eigenvalue weighted by atomic mass is 19.1. The van der Waals surface area contributed by atoms with Gasteiger partial charge in [-0.05, 0) is 36.8 Å². The van der Waals surface area contributed by atoms with Crippen LogP contribution in [-0.4, -0.2) is 54.3 Å². The number of carbonyl (C=O) groups excluding carboxylic acids is 2. The van der Waals surface area contributed by atoms with Gasteiger partial charge in [-0.15, -0.1) is 0 Å². The van der Waals surface area contributed by atoms with Gasteiger partial charge in [0.15, 0.2) is 5.76 Å². The molecule has 0 saturated carbocycles. The number of carbonyl (C=O) groups is 2. The number of anilines is 1. The van der Waals surface area contributed by atoms with Crippen LogP contribution in [0.4, 0.5) is 10.1 Å². The lowest BCUT2D eigenvalue weighted by Gasteiger charge is -2.33. The van der Waals surface area contributed by atoms with Crippen LogP contribution in [-0.2, 0) is 4.79 Å². The van der Waals surface area contributed by atoms with E-state index in [0.717, 1.165) is 5.56 Å². The number of benzene rings is 1. The molecule has 1 aliphatic heterocycles. The van der Waals surface area contributed by atoms with Crippen LogP contribution in [0.3, 0.4) is 0 Å². The average molecular weight is 345 g/mol. The monoisotopic (exact) mass is 345 g/mol. The first kappa shape index (κ1) is 17.2. The number of hydrogen-bond donors (Lipinski definition) is 1. The first-order valence-electron chi connectivity index (χ1n) is 8.14. The van der Waals surface area contributed by atoms with Crippen molar-refractivity contribution in [2.75, 3.05) is 38.0 Å². The molecule has 0 spiro atoms. The number of amides is 2. The van der Waals surface area contributed by atoms with E-state index in [9.17, 15) is 14.0 Å². The Kier molecular flexibility index (Phi) is 5.14. The van der Waals surface area contributed by atoms with E-state index < -0.39 is 5.82 Å². The molecular weight excluding hydrogens is 325 g/mol. The SMILES string of the molecule is Cc1ccc(NC(=O)CN2CCN(C(=O)c3ccco3)CC2)c(F)c1. The van der Waals surface area contributed by atoms with Gasteiger partial charge < -0.3 is 14.6 Å². The molecule has 132 valence electrons. The minimum absolute atomic E-state index is 0.143. The predicted octanol–water partition coefficient (Wildman–Crippen LogP) is 2.12. The predicted molar refractivity (Wildman–Crippen MR) is 90.8 cm³/mol. The summed E-state index contributed by atoms with van der Waals surface area (Å²) in [6.07, 6.45) is 1.47. The second-order valence-corrected chi connectivity index (χ2v) is 6.08. The smallest absolute Gasteiger partial charge is 0.289 e. The summed E-state index contributed by atoms with van der Waals surface area (Å²) in [5.41, 5.74) is 0.982. The van der Waals surface area contributed by atoms with Crippen LogP contribution in [0.1, 0.15) is 16.1 Å². The molecule has 2 aromatic rings. The molecule has 0 unspecified atom stereocenters. The van der Waals surface area contributed by atoms with E-state index in [0.29, 0.717) is 31.9 Å². The molecule has 1 aliphatic rings. The number of aryl methyl sites for hydroxylation is 1. The number of nitrogens with one attached hydrogen (secondary N) is 1. The maximum Gasteiger partial charge on any atom is 0.289 e. The van der Waals surface area contributed by atoms with Crippen molar-refractivity contribution in [3.8, 4) is 0 Å². The van der Waals surface area contributed by atoms with E-state index >= 15 is 0 Å². The molecule has 0 bridgehead atoms. The molecule has 7 heteroatoms. The molecule has 1 aromatic heterocycles. The van der Waals surface area contributed by atoms with Gasteiger partial charge in [-0.25, -0.2) is 4.39 Å². The van der Waals surface area contributed by atoms with Crippen LogP contribution in [0.15, 0.2) is 41.0 Å². The van der Waals surface area contributed by atoms with Crippen LogP contribution in [0.25, 0.3) is 0 Å². The Hall–Kier alpha value is -2.67. The summed E-state index contributed by atoms with van der Waals surface area (Å²) in [6.45, 7) is 4.15. The number of piperazine rings is 1. The van der Waals surface area contributed by atoms with E-state index in [1.54, 1.807) is 36.1 Å². The molecule has 1 saturated heterocycles. The van der Waals surface area contributed by atoms with Crippen molar-refractivity contribution in [1.82, 2.24) is 9.80 Å². The van der Waals surface area contributed by atoms with Gasteiger partial charge in [-0.3, -0.25) is 14.5 Å². The molecule has 2 heterocycles. The molecule has 2 amide bonds. The van der Waals surface area contributed by atoms with Crippen molar-refractivity contribution in [2.24, 2.45) is 0 Å². The first-order chi connectivity index (χ1) is 12.0. The number of furan rings is 1. The second kappa shape index (κ2) is 7.48. The van der Waals surface area contributed by atoms with E-state index in [2.05, 4.69) is 5.32 Å². The van der Waals surface area contributed by atoms with Crippen molar-refractivity contribution in [3.63, 3.8) is 0 Å². The minimum atomic E-state index is -0.442. The lowest BCUT2D eigenvalue weighted by molar-refractivity contribution is -0.117. The van der Waals surface area contributed by atoms with E-state index in [-0.39, 0.29) is 24.0 Å². The Morgan fingerprint density at radius 2 is 1.96 bits per heavy atom. The van der Waals surface area contributed by atoms with Gasteiger partial charge in [0.2, 0.25) is 5.91 Å². The van der Waals surface area contributed by atoms with Crippen molar-refractivity contribution in [1.29, 1.82) is 0 Å². The molecule has 6 nitrogen and oxygen atoms in total. The third kappa shape index (κ3) is 4.24. The maximum atomic E-state index is 13.8. The van der Waals surface area contributed by atoms with E-state index in [4.69, 9.17) is 4.42 Å². The van der Waals surface area contributed by atoms with Crippen LogP contribution >= 0.6 is 0 Å². The molecule has 1 fully saturated rings. The van der Waals surface area contributed by atoms with Crippen LogP contribution < -0.4 is 5.32 Å². The summed E-state index contributed by atoms with van der Waals surface area (Å²) in [6, 6.07) is 8.01. The summed E-state index contributed by atoms with van der Waals surface area (Å²) >= 11 is 0. The van der Waals surface area contributed by atoms with Gasteiger partial charge in [0.25, 0.3) is 5.91 Å². The quantitative estimate of drug-likeness (QED) is 0.922. The Morgan fingerprint density at radius 1 is 1.20 bits per heavy atom. The molecule has 1 aromatic carbocycles. The standard InChI is InChI=1S/C18H20FN3O3/c1-13-4-5-15(14(19)11-13)20-17(23)12-21-6-8-22(9-7-21)18(24)16-3-2-10-25-16/h2-5,10-11H,6-9,12H2,1H3,(H,20,23). The lowest BCUT2D eigenvalue weighted by Crippen LogP contribution is -2.50. The number of halogens is 1. The molecule has 3 rings (SSSR count). The zero-order valence-electron chi connectivity index (χ0n) is 14.0. The highest BCUT2D eigenvalue weighted by Crippen LogP contribution is 2.15. The summed E-state index contributed by atoms with van der Waals surface area (Å²) in [4.78, 5) is 27.9. The largest absolute Gasteiger partial charge is 0.459 e. The first-order valence-corrected chi connectivity index (χ1v) is 8.14. The summed E-state index contributed by atoms with van der Waals surface area (Å²) < 4.78 is 18.9. The lowest BCUT2D eigenvalue weighted by atomic mass is 10.2. The van der Waals surface area contributed by atoms with Gasteiger partial charge in [0.05, 0.1) is 18.5 Å². The van der Waals surface area contributed by atoms with E-state index in [1.807, 2.05) is 4.90 Å². The van der Waals surface area contributed by atoms with Crippen molar-refractivity contribution >= 4 is 17.5 Å². The average Bonchev–Trinajstić information content (AvgIpc) is 3.12. The third-order valence-corrected chi connectivity index (χ3v) is 4.16. The van der Waals surface area contributed by atoms with Gasteiger partial charge in [0, 0.05) is 26.2 Å². The normalized spacial score (nSPS) is 15.2. The van der Waals surface area contributed by atoms with Crippen LogP contribution in [0.2, 0.25) is 0 Å². The van der Waals surface area contributed by atoms with Gasteiger partial charge in [-0.2, -0.15) is 0 Å². The number of hydrogen-bond acceptors (Lipinski definition) is 4.